The first-order chi connectivity index (χ1) is 10.8. The first-order valence-corrected chi connectivity index (χ1v) is 7.35. The molecule has 0 radical (unpaired) electrons. The van der Waals surface area contributed by atoms with Crippen LogP contribution in [0.15, 0.2) is 18.3 Å². The molecule has 2 heterocycles. The minimum absolute atomic E-state index is 0.0679. The third-order valence-electron chi connectivity index (χ3n) is 3.83. The molecule has 0 saturated carbocycles. The van der Waals surface area contributed by atoms with Crippen molar-refractivity contribution in [1.29, 1.82) is 0 Å². The molecule has 0 aliphatic rings. The Balaban J connectivity index is 2.03. The normalized spacial score (nSPS) is 12.0. The van der Waals surface area contributed by atoms with Gasteiger partial charge >= 0.3 is 0 Å². The van der Waals surface area contributed by atoms with Gasteiger partial charge in [0.25, 0.3) is 5.91 Å². The Morgan fingerprint density at radius 3 is 2.52 bits per heavy atom. The molecule has 7 nitrogen and oxygen atoms in total. The highest BCUT2D eigenvalue weighted by Crippen LogP contribution is 2.14. The Morgan fingerprint density at radius 1 is 1.35 bits per heavy atom. The molecule has 2 rings (SSSR count). The first-order valence-electron chi connectivity index (χ1n) is 7.35. The van der Waals surface area contributed by atoms with E-state index in [1.54, 1.807) is 0 Å². The monoisotopic (exact) mass is 315 g/mol. The topological polar surface area (TPSA) is 103 Å². The summed E-state index contributed by atoms with van der Waals surface area (Å²) >= 11 is 0. The van der Waals surface area contributed by atoms with Crippen LogP contribution in [0.25, 0.3) is 0 Å². The highest BCUT2D eigenvalue weighted by molar-refractivity contribution is 5.95. The molecule has 2 aromatic rings. The van der Waals surface area contributed by atoms with Gasteiger partial charge in [-0.3, -0.25) is 19.3 Å². The molecule has 7 heteroatoms. The molecule has 2 aromatic heterocycles. The van der Waals surface area contributed by atoms with Crippen molar-refractivity contribution in [1.82, 2.24) is 20.1 Å². The number of hydrogen-bond donors (Lipinski definition) is 2. The second-order valence-corrected chi connectivity index (χ2v) is 5.65. The van der Waals surface area contributed by atoms with E-state index in [1.165, 1.54) is 18.3 Å². The number of nitrogens with two attached hydrogens (primary N) is 1. The van der Waals surface area contributed by atoms with E-state index in [0.29, 0.717) is 6.42 Å². The van der Waals surface area contributed by atoms with Crippen molar-refractivity contribution in [3.8, 4) is 0 Å². The molecule has 0 saturated heterocycles. The zero-order chi connectivity index (χ0) is 17.1. The van der Waals surface area contributed by atoms with Crippen molar-refractivity contribution in [2.45, 2.75) is 33.2 Å². The molecule has 0 bridgehead atoms. The van der Waals surface area contributed by atoms with Crippen molar-refractivity contribution < 1.29 is 9.59 Å². The summed E-state index contributed by atoms with van der Waals surface area (Å²) in [5.74, 6) is -0.854. The number of aryl methyl sites for hydroxylation is 2. The summed E-state index contributed by atoms with van der Waals surface area (Å²) in [7, 11) is 1.90. The van der Waals surface area contributed by atoms with Crippen LogP contribution in [-0.4, -0.2) is 32.6 Å². The minimum atomic E-state index is -0.569. The summed E-state index contributed by atoms with van der Waals surface area (Å²) in [5.41, 5.74) is 8.87. The van der Waals surface area contributed by atoms with Gasteiger partial charge < -0.3 is 11.1 Å². The molecule has 0 fully saturated rings. The highest BCUT2D eigenvalue weighted by atomic mass is 16.2. The lowest BCUT2D eigenvalue weighted by molar-refractivity contribution is 0.0932. The van der Waals surface area contributed by atoms with Crippen LogP contribution in [0, 0.1) is 13.8 Å². The van der Waals surface area contributed by atoms with E-state index in [2.05, 4.69) is 15.4 Å². The number of carbonyl (C=O) groups excluding carboxylic acids is 2. The molecule has 3 N–H and O–H groups in total. The van der Waals surface area contributed by atoms with Crippen LogP contribution in [-0.2, 0) is 13.5 Å². The maximum absolute atomic E-state index is 12.2. The standard InChI is InChI=1S/C16H21N5O2/c1-9(7-13-10(2)20-21(4)11(13)3)19-16(23)14-6-5-12(8-18-14)15(17)22/h5-6,8-9H,7H2,1-4H3,(H2,17,22)(H,19,23). The van der Waals surface area contributed by atoms with Crippen molar-refractivity contribution in [2.24, 2.45) is 12.8 Å². The lowest BCUT2D eigenvalue weighted by Gasteiger charge is -2.14. The summed E-state index contributed by atoms with van der Waals surface area (Å²) < 4.78 is 1.84. The molecule has 1 atom stereocenters. The van der Waals surface area contributed by atoms with Crippen molar-refractivity contribution in [2.75, 3.05) is 0 Å². The summed E-state index contributed by atoms with van der Waals surface area (Å²) in [4.78, 5) is 27.2. The van der Waals surface area contributed by atoms with Gasteiger partial charge in [0.1, 0.15) is 5.69 Å². The quantitative estimate of drug-likeness (QED) is 0.855. The number of nitrogens with zero attached hydrogens (tertiary/aromatic N) is 3. The number of amides is 2. The average Bonchev–Trinajstić information content (AvgIpc) is 2.73. The lowest BCUT2D eigenvalue weighted by Crippen LogP contribution is -2.34. The average molecular weight is 315 g/mol. The smallest absolute Gasteiger partial charge is 0.270 e. The fourth-order valence-electron chi connectivity index (χ4n) is 2.44. The van der Waals surface area contributed by atoms with Crippen LogP contribution in [0.2, 0.25) is 0 Å². The molecular weight excluding hydrogens is 294 g/mol. The molecule has 0 aliphatic carbocycles. The van der Waals surface area contributed by atoms with Crippen molar-refractivity contribution >= 4 is 11.8 Å². The van der Waals surface area contributed by atoms with Crippen molar-refractivity contribution in [3.05, 3.63) is 46.5 Å². The Morgan fingerprint density at radius 2 is 2.04 bits per heavy atom. The van der Waals surface area contributed by atoms with Gasteiger partial charge in [-0.1, -0.05) is 0 Å². The van der Waals surface area contributed by atoms with E-state index in [0.717, 1.165) is 17.0 Å². The lowest BCUT2D eigenvalue weighted by atomic mass is 10.1. The maximum atomic E-state index is 12.2. The second kappa shape index (κ2) is 6.60. The number of hydrogen-bond acceptors (Lipinski definition) is 4. The molecule has 1 unspecified atom stereocenters. The molecule has 122 valence electrons. The van der Waals surface area contributed by atoms with Crippen LogP contribution in [0.1, 0.15) is 44.7 Å². The molecular formula is C16H21N5O2. The predicted molar refractivity (Wildman–Crippen MR) is 86.1 cm³/mol. The number of rotatable bonds is 5. The summed E-state index contributed by atoms with van der Waals surface area (Å²) in [5, 5.41) is 7.28. The van der Waals surface area contributed by atoms with E-state index >= 15 is 0 Å². The zero-order valence-corrected chi connectivity index (χ0v) is 13.8. The van der Waals surface area contributed by atoms with E-state index < -0.39 is 5.91 Å². The largest absolute Gasteiger partial charge is 0.366 e. The number of aromatic nitrogens is 3. The molecule has 2 amide bonds. The number of carbonyl (C=O) groups is 2. The zero-order valence-electron chi connectivity index (χ0n) is 13.8. The molecule has 23 heavy (non-hydrogen) atoms. The van der Waals surface area contributed by atoms with Gasteiger partial charge in [-0.25, -0.2) is 0 Å². The van der Waals surface area contributed by atoms with Gasteiger partial charge in [-0.05, 0) is 44.9 Å². The maximum Gasteiger partial charge on any atom is 0.270 e. The molecule has 0 spiro atoms. The SMILES string of the molecule is Cc1nn(C)c(C)c1CC(C)NC(=O)c1ccc(C(N)=O)cn1. The fraction of sp³-hybridized carbons (Fsp3) is 0.375. The fourth-order valence-corrected chi connectivity index (χ4v) is 2.44. The van der Waals surface area contributed by atoms with Crippen LogP contribution < -0.4 is 11.1 Å². The second-order valence-electron chi connectivity index (χ2n) is 5.65. The summed E-state index contributed by atoms with van der Waals surface area (Å²) in [6, 6.07) is 2.91. The van der Waals surface area contributed by atoms with Gasteiger partial charge in [-0.2, -0.15) is 5.10 Å². The van der Waals surface area contributed by atoms with Gasteiger partial charge in [0.15, 0.2) is 0 Å². The van der Waals surface area contributed by atoms with Gasteiger partial charge in [0.05, 0.1) is 11.3 Å². The van der Waals surface area contributed by atoms with Crippen LogP contribution in [0.4, 0.5) is 0 Å². The van der Waals surface area contributed by atoms with E-state index in [-0.39, 0.29) is 23.2 Å². The first kappa shape index (κ1) is 16.7. The Hall–Kier alpha value is -2.70. The minimum Gasteiger partial charge on any atom is -0.366 e. The number of primary amides is 1. The molecule has 0 aliphatic heterocycles. The van der Waals surface area contributed by atoms with Gasteiger partial charge in [-0.15, -0.1) is 0 Å². The summed E-state index contributed by atoms with van der Waals surface area (Å²) in [6.45, 7) is 5.90. The Labute approximate surface area is 134 Å². The van der Waals surface area contributed by atoms with Gasteiger partial charge in [0.2, 0.25) is 5.91 Å². The van der Waals surface area contributed by atoms with Crippen LogP contribution in [0.3, 0.4) is 0 Å². The third-order valence-corrected chi connectivity index (χ3v) is 3.83. The van der Waals surface area contributed by atoms with Crippen LogP contribution >= 0.6 is 0 Å². The Bertz CT molecular complexity index is 734. The Kier molecular flexibility index (Phi) is 4.78. The van der Waals surface area contributed by atoms with E-state index in [4.69, 9.17) is 5.73 Å². The van der Waals surface area contributed by atoms with E-state index in [1.807, 2.05) is 32.5 Å². The molecule has 0 aromatic carbocycles. The van der Waals surface area contributed by atoms with Crippen molar-refractivity contribution in [3.63, 3.8) is 0 Å². The number of nitrogens with one attached hydrogen (secondary N) is 1. The van der Waals surface area contributed by atoms with E-state index in [9.17, 15) is 9.59 Å². The summed E-state index contributed by atoms with van der Waals surface area (Å²) in [6.07, 6.45) is 1.99. The number of pyridine rings is 1. The third kappa shape index (κ3) is 3.74. The van der Waals surface area contributed by atoms with Gasteiger partial charge in [0, 0.05) is 25.0 Å². The van der Waals surface area contributed by atoms with Crippen LogP contribution in [0.5, 0.6) is 0 Å². The highest BCUT2D eigenvalue weighted by Gasteiger charge is 2.16. The predicted octanol–water partition coefficient (Wildman–Crippen LogP) is 0.892.